The van der Waals surface area contributed by atoms with E-state index < -0.39 is 0 Å². The minimum atomic E-state index is 0.0864. The molecule has 6 rings (SSSR count). The first-order valence-electron chi connectivity index (χ1n) is 25.8. The first-order valence-corrected chi connectivity index (χ1v) is 25.8. The van der Waals surface area contributed by atoms with Gasteiger partial charge in [-0.2, -0.15) is 0 Å². The Morgan fingerprint density at radius 1 is 0.426 bits per heavy atom. The van der Waals surface area contributed by atoms with Crippen molar-refractivity contribution in [2.75, 3.05) is 0 Å². The highest BCUT2D eigenvalue weighted by atomic mass is 16.5. The quantitative estimate of drug-likeness (QED) is 0.0592. The fraction of sp³-hybridized carbons (Fsp3) is 0.621. The van der Waals surface area contributed by atoms with Gasteiger partial charge >= 0.3 is 0 Å². The molecule has 2 atom stereocenters. The van der Waals surface area contributed by atoms with Crippen molar-refractivity contribution in [3.05, 3.63) is 107 Å². The summed E-state index contributed by atoms with van der Waals surface area (Å²) in [6.45, 7) is 9.34. The maximum absolute atomic E-state index is 7.68. The zero-order valence-corrected chi connectivity index (χ0v) is 39.2. The Morgan fingerprint density at radius 2 is 0.787 bits per heavy atom. The SMILES string of the molecule is CCCCCCCCCc1ccc(-c2ccc(C(OC(c3ccc(-c4ccc(CCCCCCCCC)cn4)cc3)C3CCC(CC)CC3)C3CCC(CC)CC3)cc2)nc1. The molecular formula is C58H84N2O. The summed E-state index contributed by atoms with van der Waals surface area (Å²) in [5.74, 6) is 2.79. The van der Waals surface area contributed by atoms with Gasteiger partial charge in [0.1, 0.15) is 0 Å². The number of hydrogen-bond acceptors (Lipinski definition) is 3. The van der Waals surface area contributed by atoms with Gasteiger partial charge in [-0.05, 0) is 109 Å². The second kappa shape index (κ2) is 26.4. The van der Waals surface area contributed by atoms with Crippen LogP contribution in [0.1, 0.15) is 216 Å². The number of unbranched alkanes of at least 4 members (excludes halogenated alkanes) is 12. The largest absolute Gasteiger partial charge is 0.365 e. The van der Waals surface area contributed by atoms with E-state index in [1.54, 1.807) is 0 Å². The lowest BCUT2D eigenvalue weighted by Crippen LogP contribution is -2.28. The van der Waals surface area contributed by atoms with Crippen LogP contribution in [0.5, 0.6) is 0 Å². The van der Waals surface area contributed by atoms with Crippen molar-refractivity contribution in [1.29, 1.82) is 0 Å². The fourth-order valence-corrected chi connectivity index (χ4v) is 10.6. The first-order chi connectivity index (χ1) is 30.1. The van der Waals surface area contributed by atoms with Crippen LogP contribution in [0.3, 0.4) is 0 Å². The molecule has 2 aliphatic carbocycles. The normalized spacial score (nSPS) is 20.4. The van der Waals surface area contributed by atoms with Crippen LogP contribution in [0.4, 0.5) is 0 Å². The van der Waals surface area contributed by atoms with E-state index >= 15 is 0 Å². The van der Waals surface area contributed by atoms with E-state index in [0.29, 0.717) is 11.8 Å². The summed E-state index contributed by atoms with van der Waals surface area (Å²) in [4.78, 5) is 9.91. The molecule has 61 heavy (non-hydrogen) atoms. The number of hydrogen-bond donors (Lipinski definition) is 0. The summed E-state index contributed by atoms with van der Waals surface area (Å²) in [6.07, 6.45) is 38.4. The van der Waals surface area contributed by atoms with Gasteiger partial charge < -0.3 is 4.74 Å². The number of nitrogens with zero attached hydrogens (tertiary/aromatic N) is 2. The molecule has 0 radical (unpaired) electrons. The van der Waals surface area contributed by atoms with Crippen LogP contribution in [0.25, 0.3) is 22.5 Å². The molecule has 2 unspecified atom stereocenters. The second-order valence-corrected chi connectivity index (χ2v) is 19.4. The van der Waals surface area contributed by atoms with Crippen molar-refractivity contribution >= 4 is 0 Å². The van der Waals surface area contributed by atoms with Gasteiger partial charge in [0.25, 0.3) is 0 Å². The molecule has 0 aliphatic heterocycles. The van der Waals surface area contributed by atoms with Crippen LogP contribution in [-0.4, -0.2) is 9.97 Å². The van der Waals surface area contributed by atoms with Gasteiger partial charge in [0, 0.05) is 23.5 Å². The minimum absolute atomic E-state index is 0.0864. The van der Waals surface area contributed by atoms with Crippen LogP contribution in [0.2, 0.25) is 0 Å². The van der Waals surface area contributed by atoms with Gasteiger partial charge in [-0.25, -0.2) is 0 Å². The lowest BCUT2D eigenvalue weighted by Gasteiger charge is -2.40. The third-order valence-corrected chi connectivity index (χ3v) is 14.9. The molecule has 0 saturated heterocycles. The number of pyridine rings is 2. The summed E-state index contributed by atoms with van der Waals surface area (Å²) in [5, 5.41) is 0. The van der Waals surface area contributed by atoms with Crippen LogP contribution >= 0.6 is 0 Å². The molecular weight excluding hydrogens is 741 g/mol. The second-order valence-electron chi connectivity index (χ2n) is 19.4. The predicted molar refractivity (Wildman–Crippen MR) is 261 cm³/mol. The van der Waals surface area contributed by atoms with E-state index in [1.807, 2.05) is 0 Å². The van der Waals surface area contributed by atoms with E-state index in [0.717, 1.165) is 36.1 Å². The van der Waals surface area contributed by atoms with Gasteiger partial charge in [0.15, 0.2) is 0 Å². The third kappa shape index (κ3) is 14.9. The van der Waals surface area contributed by atoms with Crippen LogP contribution in [0, 0.1) is 23.7 Å². The summed E-state index contributed by atoms with van der Waals surface area (Å²) in [7, 11) is 0. The highest BCUT2D eigenvalue weighted by Gasteiger charge is 2.35. The summed E-state index contributed by atoms with van der Waals surface area (Å²) in [6, 6.07) is 27.8. The molecule has 2 fully saturated rings. The average molecular weight is 825 g/mol. The Hall–Kier alpha value is -3.30. The van der Waals surface area contributed by atoms with Crippen molar-refractivity contribution in [2.24, 2.45) is 23.7 Å². The van der Waals surface area contributed by atoms with Gasteiger partial charge in [-0.15, -0.1) is 0 Å². The minimum Gasteiger partial charge on any atom is -0.365 e. The Morgan fingerprint density at radius 3 is 1.11 bits per heavy atom. The predicted octanol–water partition coefficient (Wildman–Crippen LogP) is 17.6. The van der Waals surface area contributed by atoms with Crippen molar-refractivity contribution < 1.29 is 4.74 Å². The van der Waals surface area contributed by atoms with E-state index in [2.05, 4.69) is 113 Å². The Balaban J connectivity index is 1.15. The lowest BCUT2D eigenvalue weighted by molar-refractivity contribution is -0.0905. The van der Waals surface area contributed by atoms with Crippen molar-refractivity contribution in [1.82, 2.24) is 9.97 Å². The van der Waals surface area contributed by atoms with E-state index in [9.17, 15) is 0 Å². The summed E-state index contributed by atoms with van der Waals surface area (Å²) < 4.78 is 7.68. The molecule has 2 aromatic carbocycles. The highest BCUT2D eigenvalue weighted by Crippen LogP contribution is 2.47. The monoisotopic (exact) mass is 825 g/mol. The molecule has 2 saturated carbocycles. The number of aromatic nitrogens is 2. The Bertz CT molecular complexity index is 1600. The van der Waals surface area contributed by atoms with Crippen molar-refractivity contribution in [3.63, 3.8) is 0 Å². The topological polar surface area (TPSA) is 35.0 Å². The van der Waals surface area contributed by atoms with Crippen LogP contribution in [0.15, 0.2) is 85.2 Å². The molecule has 4 aromatic rings. The molecule has 2 aromatic heterocycles. The van der Waals surface area contributed by atoms with Gasteiger partial charge in [0.05, 0.1) is 23.6 Å². The smallest absolute Gasteiger partial charge is 0.0861 e. The average Bonchev–Trinajstić information content (AvgIpc) is 3.32. The van der Waals surface area contributed by atoms with Gasteiger partial charge in [0.2, 0.25) is 0 Å². The highest BCUT2D eigenvalue weighted by molar-refractivity contribution is 5.60. The molecule has 3 heteroatoms. The number of benzene rings is 2. The molecule has 332 valence electrons. The molecule has 2 aliphatic rings. The van der Waals surface area contributed by atoms with Gasteiger partial charge in [-0.1, -0.05) is 204 Å². The first kappa shape index (κ1) is 47.2. The van der Waals surface area contributed by atoms with Crippen LogP contribution < -0.4 is 0 Å². The Labute approximate surface area is 373 Å². The summed E-state index contributed by atoms with van der Waals surface area (Å²) >= 11 is 0. The lowest BCUT2D eigenvalue weighted by atomic mass is 9.75. The molecule has 0 N–H and O–H groups in total. The molecule has 0 amide bonds. The molecule has 3 nitrogen and oxygen atoms in total. The standard InChI is InChI=1S/C58H84N2O/c1-5-9-11-13-15-17-19-21-47-27-41-55(59-43-47)49-33-37-53(38-34-49)57(51-29-23-45(7-3)24-30-51)61-58(52-31-25-46(8-4)26-32-52)54-39-35-50(36-40-54)56-42-28-48(44-60-56)22-20-18-16-14-12-10-6-2/h27-28,33-46,51-52,57-58H,5-26,29-32H2,1-4H3. The fourth-order valence-electron chi connectivity index (χ4n) is 10.6. The Kier molecular flexibility index (Phi) is 20.4. The molecule has 2 heterocycles. The maximum atomic E-state index is 7.68. The maximum Gasteiger partial charge on any atom is 0.0861 e. The summed E-state index contributed by atoms with van der Waals surface area (Å²) in [5.41, 5.74) is 9.93. The molecule has 0 bridgehead atoms. The zero-order valence-electron chi connectivity index (χ0n) is 39.2. The van der Waals surface area contributed by atoms with E-state index in [-0.39, 0.29) is 12.2 Å². The zero-order chi connectivity index (χ0) is 42.5. The number of ether oxygens (including phenoxy) is 1. The van der Waals surface area contributed by atoms with Crippen molar-refractivity contribution in [3.8, 4) is 22.5 Å². The van der Waals surface area contributed by atoms with Crippen molar-refractivity contribution in [2.45, 2.75) is 207 Å². The van der Waals surface area contributed by atoms with E-state index in [1.165, 1.54) is 187 Å². The number of aryl methyl sites for hydroxylation is 2. The van der Waals surface area contributed by atoms with Crippen LogP contribution in [-0.2, 0) is 17.6 Å². The molecule has 0 spiro atoms. The van der Waals surface area contributed by atoms with E-state index in [4.69, 9.17) is 14.7 Å². The van der Waals surface area contributed by atoms with Gasteiger partial charge in [-0.3, -0.25) is 9.97 Å². The third-order valence-electron chi connectivity index (χ3n) is 14.9. The number of rotatable bonds is 26.